The van der Waals surface area contributed by atoms with Crippen LogP contribution in [-0.4, -0.2) is 44.2 Å². The van der Waals surface area contributed by atoms with E-state index in [-0.39, 0.29) is 11.9 Å². The molecule has 0 spiro atoms. The van der Waals surface area contributed by atoms with Gasteiger partial charge in [-0.05, 0) is 39.1 Å². The van der Waals surface area contributed by atoms with Crippen LogP contribution in [0, 0.1) is 12.3 Å². The Kier molecular flexibility index (Phi) is 4.22. The van der Waals surface area contributed by atoms with E-state index in [2.05, 4.69) is 30.7 Å². The minimum atomic E-state index is 0.153. The number of benzene rings is 1. The zero-order valence-corrected chi connectivity index (χ0v) is 13.9. The molecule has 24 heavy (non-hydrogen) atoms. The predicted molar refractivity (Wildman–Crippen MR) is 94.0 cm³/mol. The Hall–Kier alpha value is -2.87. The molecule has 1 unspecified atom stereocenters. The third-order valence-electron chi connectivity index (χ3n) is 4.00. The number of nitrogens with one attached hydrogen (secondary N) is 3. The second kappa shape index (κ2) is 6.32. The highest BCUT2D eigenvalue weighted by molar-refractivity contribution is 6.00. The standard InChI is InChI=1S/C16H20N8/c1-8(19-3)6-12(17)14-15(18)23-24-16(20-14)10-4-5-13-11(7-10)9(2)21-22-13/h4-5,7-8,17,19H,6H2,1-3H3,(H2,18,23)(H,21,22). The molecule has 3 aromatic rings. The Morgan fingerprint density at radius 2 is 2.17 bits per heavy atom. The minimum absolute atomic E-state index is 0.153. The maximum Gasteiger partial charge on any atom is 0.182 e. The van der Waals surface area contributed by atoms with Crippen LogP contribution in [0.5, 0.6) is 0 Å². The molecule has 0 saturated heterocycles. The van der Waals surface area contributed by atoms with E-state index in [9.17, 15) is 0 Å². The van der Waals surface area contributed by atoms with Gasteiger partial charge in [-0.15, -0.1) is 10.2 Å². The fraction of sp³-hybridized carbons (Fsp3) is 0.312. The van der Waals surface area contributed by atoms with E-state index in [1.54, 1.807) is 0 Å². The SMILES string of the molecule is CNC(C)CC(=N)c1nc(-c2ccc3n[nH]c(C)c3c2)nnc1N. The van der Waals surface area contributed by atoms with E-state index in [0.29, 0.717) is 23.7 Å². The zero-order valence-electron chi connectivity index (χ0n) is 13.9. The average Bonchev–Trinajstić information content (AvgIpc) is 2.95. The molecule has 3 rings (SSSR count). The molecule has 2 heterocycles. The summed E-state index contributed by atoms with van der Waals surface area (Å²) in [4.78, 5) is 4.47. The molecule has 0 radical (unpaired) electrons. The quantitative estimate of drug-likeness (QED) is 0.528. The van der Waals surface area contributed by atoms with E-state index in [0.717, 1.165) is 22.2 Å². The van der Waals surface area contributed by atoms with Crippen LogP contribution in [-0.2, 0) is 0 Å². The Morgan fingerprint density at radius 1 is 1.38 bits per heavy atom. The third kappa shape index (κ3) is 2.95. The average molecular weight is 324 g/mol. The number of fused-ring (bicyclic) bond motifs is 1. The molecular formula is C16H20N8. The van der Waals surface area contributed by atoms with Gasteiger partial charge in [-0.1, -0.05) is 0 Å². The lowest BCUT2D eigenvalue weighted by atomic mass is 10.1. The van der Waals surface area contributed by atoms with Gasteiger partial charge >= 0.3 is 0 Å². The fourth-order valence-electron chi connectivity index (χ4n) is 2.46. The molecule has 8 nitrogen and oxygen atoms in total. The van der Waals surface area contributed by atoms with E-state index < -0.39 is 0 Å². The predicted octanol–water partition coefficient (Wildman–Crippen LogP) is 1.67. The van der Waals surface area contributed by atoms with Crippen LogP contribution in [0.1, 0.15) is 24.7 Å². The van der Waals surface area contributed by atoms with Crippen molar-refractivity contribution in [3.8, 4) is 11.4 Å². The Labute approximate surface area is 139 Å². The summed E-state index contributed by atoms with van der Waals surface area (Å²) < 4.78 is 0. The lowest BCUT2D eigenvalue weighted by Gasteiger charge is -2.12. The maximum atomic E-state index is 8.24. The van der Waals surface area contributed by atoms with Gasteiger partial charge in [0.05, 0.1) is 11.2 Å². The van der Waals surface area contributed by atoms with Crippen LogP contribution >= 0.6 is 0 Å². The number of H-pyrrole nitrogens is 1. The second-order valence-corrected chi connectivity index (χ2v) is 5.82. The van der Waals surface area contributed by atoms with Gasteiger partial charge in [-0.25, -0.2) is 4.98 Å². The summed E-state index contributed by atoms with van der Waals surface area (Å²) in [6.45, 7) is 3.96. The lowest BCUT2D eigenvalue weighted by Crippen LogP contribution is -2.25. The second-order valence-electron chi connectivity index (χ2n) is 5.82. The van der Waals surface area contributed by atoms with Crippen molar-refractivity contribution in [2.24, 2.45) is 0 Å². The first kappa shape index (κ1) is 16.0. The molecule has 1 atom stereocenters. The van der Waals surface area contributed by atoms with Crippen molar-refractivity contribution in [3.63, 3.8) is 0 Å². The normalized spacial score (nSPS) is 12.5. The third-order valence-corrected chi connectivity index (χ3v) is 4.00. The van der Waals surface area contributed by atoms with Gasteiger partial charge in [-0.3, -0.25) is 5.10 Å². The van der Waals surface area contributed by atoms with E-state index >= 15 is 0 Å². The minimum Gasteiger partial charge on any atom is -0.380 e. The van der Waals surface area contributed by atoms with Crippen LogP contribution in [0.3, 0.4) is 0 Å². The Morgan fingerprint density at radius 3 is 2.92 bits per heavy atom. The van der Waals surface area contributed by atoms with Gasteiger partial charge in [0.2, 0.25) is 0 Å². The summed E-state index contributed by atoms with van der Waals surface area (Å²) >= 11 is 0. The number of nitrogens with zero attached hydrogens (tertiary/aromatic N) is 4. The molecule has 5 N–H and O–H groups in total. The van der Waals surface area contributed by atoms with Crippen molar-refractivity contribution in [2.45, 2.75) is 26.3 Å². The van der Waals surface area contributed by atoms with Gasteiger partial charge in [0.15, 0.2) is 11.6 Å². The summed E-state index contributed by atoms with van der Waals surface area (Å²) in [6.07, 6.45) is 0.513. The number of aromatic amines is 1. The Balaban J connectivity index is 2.00. The van der Waals surface area contributed by atoms with Crippen LogP contribution < -0.4 is 11.1 Å². The maximum absolute atomic E-state index is 8.24. The first-order chi connectivity index (χ1) is 11.5. The molecule has 0 fully saturated rings. The largest absolute Gasteiger partial charge is 0.380 e. The van der Waals surface area contributed by atoms with Crippen molar-refractivity contribution >= 4 is 22.4 Å². The first-order valence-corrected chi connectivity index (χ1v) is 7.70. The number of anilines is 1. The van der Waals surface area contributed by atoms with Crippen LogP contribution in [0.15, 0.2) is 18.2 Å². The molecule has 0 aliphatic heterocycles. The summed E-state index contributed by atoms with van der Waals surface area (Å²) in [5.74, 6) is 0.621. The van der Waals surface area contributed by atoms with Crippen molar-refractivity contribution in [3.05, 3.63) is 29.6 Å². The topological polar surface area (TPSA) is 129 Å². The van der Waals surface area contributed by atoms with Crippen molar-refractivity contribution < 1.29 is 0 Å². The number of nitrogens with two attached hydrogens (primary N) is 1. The molecule has 124 valence electrons. The number of aromatic nitrogens is 5. The highest BCUT2D eigenvalue weighted by atomic mass is 15.2. The van der Waals surface area contributed by atoms with Crippen LogP contribution in [0.25, 0.3) is 22.3 Å². The monoisotopic (exact) mass is 324 g/mol. The number of hydrogen-bond acceptors (Lipinski definition) is 7. The highest BCUT2D eigenvalue weighted by Crippen LogP contribution is 2.23. The fourth-order valence-corrected chi connectivity index (χ4v) is 2.46. The smallest absolute Gasteiger partial charge is 0.182 e. The van der Waals surface area contributed by atoms with Crippen LogP contribution in [0.4, 0.5) is 5.82 Å². The number of rotatable bonds is 5. The molecule has 2 aromatic heterocycles. The number of hydrogen-bond donors (Lipinski definition) is 4. The molecule has 0 amide bonds. The Bertz CT molecular complexity index is 898. The van der Waals surface area contributed by atoms with Crippen LogP contribution in [0.2, 0.25) is 0 Å². The van der Waals surface area contributed by atoms with E-state index in [4.69, 9.17) is 11.1 Å². The zero-order chi connectivity index (χ0) is 17.3. The molecule has 1 aromatic carbocycles. The summed E-state index contributed by atoms with van der Waals surface area (Å²) in [5, 5.41) is 27.6. The summed E-state index contributed by atoms with van der Waals surface area (Å²) in [5.41, 5.74) is 9.27. The summed E-state index contributed by atoms with van der Waals surface area (Å²) in [7, 11) is 1.85. The lowest BCUT2D eigenvalue weighted by molar-refractivity contribution is 0.632. The van der Waals surface area contributed by atoms with E-state index in [1.165, 1.54) is 0 Å². The number of aryl methyl sites for hydroxylation is 1. The molecule has 0 saturated carbocycles. The van der Waals surface area contributed by atoms with Gasteiger partial charge in [0, 0.05) is 29.1 Å². The summed E-state index contributed by atoms with van der Waals surface area (Å²) in [6, 6.07) is 5.91. The van der Waals surface area contributed by atoms with Gasteiger partial charge in [0.1, 0.15) is 5.69 Å². The number of nitrogen functional groups attached to an aromatic ring is 1. The molecule has 0 aliphatic carbocycles. The molecule has 0 aliphatic rings. The first-order valence-electron chi connectivity index (χ1n) is 7.70. The van der Waals surface area contributed by atoms with Crippen molar-refractivity contribution in [2.75, 3.05) is 12.8 Å². The van der Waals surface area contributed by atoms with Crippen molar-refractivity contribution in [1.29, 1.82) is 5.41 Å². The molecule has 0 bridgehead atoms. The highest BCUT2D eigenvalue weighted by Gasteiger charge is 2.15. The molecule has 8 heteroatoms. The van der Waals surface area contributed by atoms with Crippen molar-refractivity contribution in [1.82, 2.24) is 30.7 Å². The van der Waals surface area contributed by atoms with Gasteiger partial charge in [-0.2, -0.15) is 5.10 Å². The molecular weight excluding hydrogens is 304 g/mol. The van der Waals surface area contributed by atoms with E-state index in [1.807, 2.05) is 39.1 Å². The van der Waals surface area contributed by atoms with Gasteiger partial charge < -0.3 is 16.5 Å². The van der Waals surface area contributed by atoms with Gasteiger partial charge in [0.25, 0.3) is 0 Å².